The van der Waals surface area contributed by atoms with Crippen molar-refractivity contribution >= 4 is 35.1 Å². The van der Waals surface area contributed by atoms with E-state index in [0.717, 1.165) is 23.1 Å². The van der Waals surface area contributed by atoms with Crippen LogP contribution in [0.4, 0.5) is 11.5 Å². The molecule has 164 valence electrons. The van der Waals surface area contributed by atoms with Gasteiger partial charge in [-0.1, -0.05) is 55.1 Å². The van der Waals surface area contributed by atoms with Crippen LogP contribution in [0.1, 0.15) is 41.5 Å². The van der Waals surface area contributed by atoms with E-state index in [1.165, 1.54) is 11.8 Å². The minimum Gasteiger partial charge on any atom is -0.326 e. The van der Waals surface area contributed by atoms with Crippen LogP contribution in [0, 0.1) is 6.92 Å². The summed E-state index contributed by atoms with van der Waals surface area (Å²) >= 11 is 1.37. The van der Waals surface area contributed by atoms with Gasteiger partial charge < -0.3 is 15.6 Å². The van der Waals surface area contributed by atoms with E-state index in [-0.39, 0.29) is 23.7 Å². The Balaban J connectivity index is 1.56. The number of benzene rings is 2. The molecule has 8 heteroatoms. The van der Waals surface area contributed by atoms with Crippen molar-refractivity contribution in [2.75, 3.05) is 10.6 Å². The maximum Gasteiger partial charge on any atom is 0.257 e. The number of anilines is 2. The highest BCUT2D eigenvalue weighted by Gasteiger charge is 2.34. The van der Waals surface area contributed by atoms with Crippen molar-refractivity contribution in [3.63, 3.8) is 0 Å². The second-order valence-corrected chi connectivity index (χ2v) is 8.66. The van der Waals surface area contributed by atoms with Crippen LogP contribution in [-0.4, -0.2) is 21.8 Å². The van der Waals surface area contributed by atoms with E-state index in [9.17, 15) is 14.4 Å². The van der Waals surface area contributed by atoms with Crippen molar-refractivity contribution in [3.05, 3.63) is 81.1 Å². The molecule has 0 saturated heterocycles. The molecule has 32 heavy (non-hydrogen) atoms. The molecule has 7 nitrogen and oxygen atoms in total. The summed E-state index contributed by atoms with van der Waals surface area (Å²) in [4.78, 5) is 45.3. The number of nitrogens with zero attached hydrogens (tertiary/aromatic N) is 1. The van der Waals surface area contributed by atoms with E-state index in [4.69, 9.17) is 0 Å². The Hall–Kier alpha value is -3.39. The molecule has 2 aromatic carbocycles. The number of rotatable bonds is 6. The molecule has 3 aromatic rings. The normalized spacial score (nSPS) is 15.1. The summed E-state index contributed by atoms with van der Waals surface area (Å²) in [6.45, 7) is 4.08. The lowest BCUT2D eigenvalue weighted by Crippen LogP contribution is -2.36. The van der Waals surface area contributed by atoms with Crippen molar-refractivity contribution in [1.82, 2.24) is 9.97 Å². The van der Waals surface area contributed by atoms with Crippen LogP contribution in [0.3, 0.4) is 0 Å². The second kappa shape index (κ2) is 9.40. The van der Waals surface area contributed by atoms with Gasteiger partial charge in [-0.25, -0.2) is 4.98 Å². The molecule has 4 rings (SSSR count). The van der Waals surface area contributed by atoms with Crippen LogP contribution < -0.4 is 16.2 Å². The first-order valence-corrected chi connectivity index (χ1v) is 11.4. The molecule has 3 N–H and O–H groups in total. The van der Waals surface area contributed by atoms with Gasteiger partial charge in [0.1, 0.15) is 5.82 Å². The standard InChI is InChI=1S/C24H24N4O3S/c1-3-15-8-10-17(11-9-15)25-22(30)18-12-19(29)26-21-20(18)23(31)28-24(27-21)32-13-16-7-5-4-6-14(16)2/h4-11,18H,3,12-13H2,1-2H3,(H,25,30)(H2,26,27,28,29,31). The fourth-order valence-corrected chi connectivity index (χ4v) is 4.55. The topological polar surface area (TPSA) is 104 Å². The van der Waals surface area contributed by atoms with Gasteiger partial charge in [-0.15, -0.1) is 0 Å². The van der Waals surface area contributed by atoms with E-state index in [2.05, 4.69) is 27.5 Å². The fourth-order valence-electron chi connectivity index (χ4n) is 3.61. The molecule has 0 aliphatic carbocycles. The average Bonchev–Trinajstić information content (AvgIpc) is 2.78. The lowest BCUT2D eigenvalue weighted by Gasteiger charge is -2.23. The Kier molecular flexibility index (Phi) is 6.41. The van der Waals surface area contributed by atoms with E-state index in [0.29, 0.717) is 16.6 Å². The van der Waals surface area contributed by atoms with Crippen molar-refractivity contribution in [3.8, 4) is 0 Å². The highest BCUT2D eigenvalue weighted by Crippen LogP contribution is 2.31. The fraction of sp³-hybridized carbons (Fsp3) is 0.250. The van der Waals surface area contributed by atoms with E-state index in [1.54, 1.807) is 0 Å². The summed E-state index contributed by atoms with van der Waals surface area (Å²) in [6.07, 6.45) is 0.794. The van der Waals surface area contributed by atoms with Gasteiger partial charge in [-0.05, 0) is 42.2 Å². The molecular formula is C24H24N4O3S. The van der Waals surface area contributed by atoms with Crippen LogP contribution in [0.2, 0.25) is 0 Å². The van der Waals surface area contributed by atoms with Gasteiger partial charge in [0.15, 0.2) is 5.16 Å². The molecule has 2 amide bonds. The molecule has 1 atom stereocenters. The summed E-state index contributed by atoms with van der Waals surface area (Å²) in [5.41, 5.74) is 3.83. The minimum atomic E-state index is -0.906. The number of fused-ring (bicyclic) bond motifs is 1. The third-order valence-corrected chi connectivity index (χ3v) is 6.42. The third kappa shape index (κ3) is 4.75. The smallest absolute Gasteiger partial charge is 0.257 e. The number of carbonyl (C=O) groups excluding carboxylic acids is 2. The second-order valence-electron chi connectivity index (χ2n) is 7.69. The van der Waals surface area contributed by atoms with Gasteiger partial charge in [0.05, 0.1) is 11.5 Å². The first-order chi connectivity index (χ1) is 15.4. The van der Waals surface area contributed by atoms with Crippen LogP contribution in [0.5, 0.6) is 0 Å². The molecule has 0 fully saturated rings. The van der Waals surface area contributed by atoms with E-state index >= 15 is 0 Å². The number of H-pyrrole nitrogens is 1. The van der Waals surface area contributed by atoms with Crippen molar-refractivity contribution < 1.29 is 9.59 Å². The first kappa shape index (κ1) is 21.8. The van der Waals surface area contributed by atoms with Gasteiger partial charge in [0.2, 0.25) is 11.8 Å². The van der Waals surface area contributed by atoms with Gasteiger partial charge in [-0.3, -0.25) is 14.4 Å². The Labute approximate surface area is 190 Å². The number of aromatic nitrogens is 2. The number of hydrogen-bond acceptors (Lipinski definition) is 5. The molecular weight excluding hydrogens is 424 g/mol. The Morgan fingerprint density at radius 3 is 2.62 bits per heavy atom. The molecule has 0 bridgehead atoms. The SMILES string of the molecule is CCc1ccc(NC(=O)C2CC(=O)Nc3nc(SCc4ccccc4C)[nH]c(=O)c32)cc1. The molecule has 0 radical (unpaired) electrons. The molecule has 2 heterocycles. The maximum atomic E-state index is 12.9. The van der Waals surface area contributed by atoms with Crippen LogP contribution in [0.15, 0.2) is 58.5 Å². The number of nitrogens with one attached hydrogen (secondary N) is 3. The summed E-state index contributed by atoms with van der Waals surface area (Å²) < 4.78 is 0. The molecule has 1 aliphatic heterocycles. The van der Waals surface area contributed by atoms with Gasteiger partial charge >= 0.3 is 0 Å². The van der Waals surface area contributed by atoms with Crippen molar-refractivity contribution in [1.29, 1.82) is 0 Å². The predicted octanol–water partition coefficient (Wildman–Crippen LogP) is 4.00. The average molecular weight is 449 g/mol. The summed E-state index contributed by atoms with van der Waals surface area (Å²) in [7, 11) is 0. The lowest BCUT2D eigenvalue weighted by molar-refractivity contribution is -0.123. The van der Waals surface area contributed by atoms with Gasteiger partial charge in [0.25, 0.3) is 5.56 Å². The van der Waals surface area contributed by atoms with E-state index in [1.807, 2.05) is 55.5 Å². The van der Waals surface area contributed by atoms with Crippen LogP contribution in [-0.2, 0) is 21.8 Å². The Morgan fingerprint density at radius 2 is 1.91 bits per heavy atom. The zero-order valence-corrected chi connectivity index (χ0v) is 18.7. The number of amides is 2. The summed E-state index contributed by atoms with van der Waals surface area (Å²) in [6, 6.07) is 15.5. The zero-order chi connectivity index (χ0) is 22.7. The van der Waals surface area contributed by atoms with Gasteiger partial charge in [0, 0.05) is 17.9 Å². The monoisotopic (exact) mass is 448 g/mol. The minimum absolute atomic E-state index is 0.105. The highest BCUT2D eigenvalue weighted by molar-refractivity contribution is 7.98. The van der Waals surface area contributed by atoms with Gasteiger partial charge in [-0.2, -0.15) is 0 Å². The molecule has 0 saturated carbocycles. The zero-order valence-electron chi connectivity index (χ0n) is 17.9. The molecule has 1 aromatic heterocycles. The van der Waals surface area contributed by atoms with E-state index < -0.39 is 17.4 Å². The Morgan fingerprint density at radius 1 is 1.16 bits per heavy atom. The molecule has 1 unspecified atom stereocenters. The molecule has 1 aliphatic rings. The maximum absolute atomic E-state index is 12.9. The number of aryl methyl sites for hydroxylation is 2. The van der Waals surface area contributed by atoms with Crippen LogP contribution >= 0.6 is 11.8 Å². The summed E-state index contributed by atoms with van der Waals surface area (Å²) in [5.74, 6) is -0.875. The van der Waals surface area contributed by atoms with Crippen molar-refractivity contribution in [2.45, 2.75) is 43.5 Å². The van der Waals surface area contributed by atoms with Crippen molar-refractivity contribution in [2.24, 2.45) is 0 Å². The summed E-state index contributed by atoms with van der Waals surface area (Å²) in [5, 5.41) is 5.86. The number of carbonyl (C=O) groups is 2. The number of hydrogen-bond donors (Lipinski definition) is 3. The largest absolute Gasteiger partial charge is 0.326 e. The number of thioether (sulfide) groups is 1. The van der Waals surface area contributed by atoms with Crippen LogP contribution in [0.25, 0.3) is 0 Å². The predicted molar refractivity (Wildman–Crippen MR) is 126 cm³/mol. The molecule has 0 spiro atoms. The quantitative estimate of drug-likeness (QED) is 0.391. The Bertz CT molecular complexity index is 1220. The third-order valence-electron chi connectivity index (χ3n) is 5.50. The highest BCUT2D eigenvalue weighted by atomic mass is 32.2. The lowest BCUT2D eigenvalue weighted by atomic mass is 9.92. The number of aromatic amines is 1. The first-order valence-electron chi connectivity index (χ1n) is 10.5.